The summed E-state index contributed by atoms with van der Waals surface area (Å²) >= 11 is 6.13. The Morgan fingerprint density at radius 2 is 1.82 bits per heavy atom. The number of fused-ring (bicyclic) bond motifs is 2. The SMILES string of the molecule is CN1CCN(CCC(=O)N2c3ccc(Cl)cc3NC(=O)c3ccccc32)CC1. The monoisotopic (exact) mass is 398 g/mol. The average molecular weight is 399 g/mol. The zero-order chi connectivity index (χ0) is 19.7. The Bertz CT molecular complexity index is 909. The molecule has 4 rings (SSSR count). The lowest BCUT2D eigenvalue weighted by Crippen LogP contribution is -2.45. The molecule has 0 radical (unpaired) electrons. The van der Waals surface area contributed by atoms with Crippen molar-refractivity contribution >= 4 is 40.5 Å². The second-order valence-electron chi connectivity index (χ2n) is 7.26. The van der Waals surface area contributed by atoms with E-state index in [1.165, 1.54) is 0 Å². The lowest BCUT2D eigenvalue weighted by atomic mass is 10.1. The second-order valence-corrected chi connectivity index (χ2v) is 7.69. The highest BCUT2D eigenvalue weighted by Crippen LogP contribution is 2.39. The Kier molecular flexibility index (Phi) is 5.35. The van der Waals surface area contributed by atoms with Crippen molar-refractivity contribution in [3.05, 3.63) is 53.1 Å². The molecule has 0 bridgehead atoms. The van der Waals surface area contributed by atoms with Crippen LogP contribution in [0.2, 0.25) is 5.02 Å². The van der Waals surface area contributed by atoms with Crippen molar-refractivity contribution in [1.29, 1.82) is 0 Å². The van der Waals surface area contributed by atoms with Gasteiger partial charge in [0.15, 0.2) is 0 Å². The lowest BCUT2D eigenvalue weighted by Gasteiger charge is -2.32. The summed E-state index contributed by atoms with van der Waals surface area (Å²) in [6, 6.07) is 12.4. The van der Waals surface area contributed by atoms with Gasteiger partial charge in [0.25, 0.3) is 5.91 Å². The second kappa shape index (κ2) is 7.91. The third-order valence-electron chi connectivity index (χ3n) is 5.32. The Hall–Kier alpha value is -2.41. The molecule has 7 heteroatoms. The van der Waals surface area contributed by atoms with Crippen molar-refractivity contribution < 1.29 is 9.59 Å². The minimum absolute atomic E-state index is 0.0357. The summed E-state index contributed by atoms with van der Waals surface area (Å²) in [5.74, 6) is -0.278. The molecule has 2 amide bonds. The van der Waals surface area contributed by atoms with E-state index in [0.29, 0.717) is 40.6 Å². The van der Waals surface area contributed by atoms with Gasteiger partial charge in [0.2, 0.25) is 5.91 Å². The minimum Gasteiger partial charge on any atom is -0.320 e. The third kappa shape index (κ3) is 3.76. The van der Waals surface area contributed by atoms with Crippen molar-refractivity contribution in [3.63, 3.8) is 0 Å². The van der Waals surface area contributed by atoms with E-state index in [-0.39, 0.29) is 11.8 Å². The quantitative estimate of drug-likeness (QED) is 0.862. The number of nitrogens with one attached hydrogen (secondary N) is 1. The van der Waals surface area contributed by atoms with Gasteiger partial charge in [-0.3, -0.25) is 14.5 Å². The van der Waals surface area contributed by atoms with Gasteiger partial charge < -0.3 is 15.1 Å². The predicted molar refractivity (Wildman–Crippen MR) is 112 cm³/mol. The van der Waals surface area contributed by atoms with Gasteiger partial charge in [-0.25, -0.2) is 0 Å². The van der Waals surface area contributed by atoms with Crippen LogP contribution in [-0.2, 0) is 4.79 Å². The van der Waals surface area contributed by atoms with E-state index in [2.05, 4.69) is 22.2 Å². The molecule has 146 valence electrons. The largest absolute Gasteiger partial charge is 0.320 e. The molecule has 1 fully saturated rings. The predicted octanol–water partition coefficient (Wildman–Crippen LogP) is 3.21. The minimum atomic E-state index is -0.242. The molecule has 1 saturated heterocycles. The number of anilines is 3. The molecule has 2 aliphatic heterocycles. The molecule has 0 aromatic heterocycles. The number of likely N-dealkylation sites (N-methyl/N-ethyl adjacent to an activating group) is 1. The fraction of sp³-hybridized carbons (Fsp3) is 0.333. The molecule has 1 N–H and O–H groups in total. The summed E-state index contributed by atoms with van der Waals surface area (Å²) in [7, 11) is 2.11. The zero-order valence-corrected chi connectivity index (χ0v) is 16.6. The van der Waals surface area contributed by atoms with Crippen LogP contribution in [0.3, 0.4) is 0 Å². The van der Waals surface area contributed by atoms with Crippen LogP contribution in [-0.4, -0.2) is 61.4 Å². The fourth-order valence-electron chi connectivity index (χ4n) is 3.69. The molecule has 2 heterocycles. The maximum absolute atomic E-state index is 13.3. The highest BCUT2D eigenvalue weighted by atomic mass is 35.5. The molecular formula is C21H23ClN4O2. The molecule has 2 aromatic carbocycles. The van der Waals surface area contributed by atoms with Gasteiger partial charge in [0.1, 0.15) is 0 Å². The van der Waals surface area contributed by atoms with Gasteiger partial charge >= 0.3 is 0 Å². The van der Waals surface area contributed by atoms with Gasteiger partial charge in [-0.2, -0.15) is 0 Å². The van der Waals surface area contributed by atoms with Crippen molar-refractivity contribution in [1.82, 2.24) is 9.80 Å². The van der Waals surface area contributed by atoms with Crippen molar-refractivity contribution in [3.8, 4) is 0 Å². The molecule has 28 heavy (non-hydrogen) atoms. The first-order valence-corrected chi connectivity index (χ1v) is 9.84. The third-order valence-corrected chi connectivity index (χ3v) is 5.56. The Morgan fingerprint density at radius 3 is 2.61 bits per heavy atom. The van der Waals surface area contributed by atoms with Crippen LogP contribution in [0.1, 0.15) is 16.8 Å². The summed E-state index contributed by atoms with van der Waals surface area (Å²) in [6.45, 7) is 4.66. The first-order chi connectivity index (χ1) is 13.5. The van der Waals surface area contributed by atoms with Gasteiger partial charge in [-0.1, -0.05) is 23.7 Å². The highest BCUT2D eigenvalue weighted by Gasteiger charge is 2.29. The molecule has 0 spiro atoms. The number of nitrogens with zero attached hydrogens (tertiary/aromatic N) is 3. The number of amides is 2. The van der Waals surface area contributed by atoms with Crippen molar-refractivity contribution in [2.24, 2.45) is 0 Å². The average Bonchev–Trinajstić information content (AvgIpc) is 2.81. The normalized spacial score (nSPS) is 17.5. The molecule has 0 atom stereocenters. The van der Waals surface area contributed by atoms with Gasteiger partial charge in [0.05, 0.1) is 22.6 Å². The van der Waals surface area contributed by atoms with Crippen LogP contribution in [0.25, 0.3) is 0 Å². The molecule has 0 unspecified atom stereocenters. The summed E-state index contributed by atoms with van der Waals surface area (Å²) in [4.78, 5) is 32.2. The van der Waals surface area contributed by atoms with Gasteiger partial charge in [0, 0.05) is 44.2 Å². The smallest absolute Gasteiger partial charge is 0.257 e. The number of carbonyl (C=O) groups excluding carboxylic acids is 2. The summed E-state index contributed by atoms with van der Waals surface area (Å²) < 4.78 is 0. The topological polar surface area (TPSA) is 55.9 Å². The first-order valence-electron chi connectivity index (χ1n) is 9.47. The van der Waals surface area contributed by atoms with Crippen LogP contribution >= 0.6 is 11.6 Å². The first kappa shape index (κ1) is 18.9. The standard InChI is InChI=1S/C21H23ClN4O2/c1-24-10-12-25(13-11-24)9-8-20(27)26-18-5-3-2-4-16(18)21(28)23-17-14-15(22)6-7-19(17)26/h2-7,14H,8-13H2,1H3,(H,23,28). The van der Waals surface area contributed by atoms with Gasteiger partial charge in [-0.15, -0.1) is 0 Å². The molecule has 6 nitrogen and oxygen atoms in total. The van der Waals surface area contributed by atoms with E-state index >= 15 is 0 Å². The summed E-state index contributed by atoms with van der Waals surface area (Å²) in [5, 5.41) is 3.39. The molecular weight excluding hydrogens is 376 g/mol. The number of halogens is 1. The summed E-state index contributed by atoms with van der Waals surface area (Å²) in [6.07, 6.45) is 0.383. The van der Waals surface area contributed by atoms with E-state index < -0.39 is 0 Å². The number of hydrogen-bond acceptors (Lipinski definition) is 4. The van der Waals surface area contributed by atoms with Crippen molar-refractivity contribution in [2.45, 2.75) is 6.42 Å². The number of rotatable bonds is 3. The van der Waals surface area contributed by atoms with Crippen LogP contribution in [0.15, 0.2) is 42.5 Å². The maximum Gasteiger partial charge on any atom is 0.257 e. The van der Waals surface area contributed by atoms with E-state index in [4.69, 9.17) is 11.6 Å². The van der Waals surface area contributed by atoms with E-state index in [1.807, 2.05) is 12.1 Å². The molecule has 2 aliphatic rings. The number of benzene rings is 2. The van der Waals surface area contributed by atoms with Crippen LogP contribution < -0.4 is 10.2 Å². The van der Waals surface area contributed by atoms with Crippen LogP contribution in [0, 0.1) is 0 Å². The Labute approximate surface area is 169 Å². The van der Waals surface area contributed by atoms with E-state index in [9.17, 15) is 9.59 Å². The van der Waals surface area contributed by atoms with Gasteiger partial charge in [-0.05, 0) is 37.4 Å². The summed E-state index contributed by atoms with van der Waals surface area (Å²) in [5.41, 5.74) is 2.26. The van der Waals surface area contributed by atoms with E-state index in [0.717, 1.165) is 26.2 Å². The lowest BCUT2D eigenvalue weighted by molar-refractivity contribution is -0.118. The number of piperazine rings is 1. The molecule has 2 aromatic rings. The maximum atomic E-state index is 13.3. The number of carbonyl (C=O) groups is 2. The Morgan fingerprint density at radius 1 is 1.07 bits per heavy atom. The molecule has 0 saturated carbocycles. The fourth-order valence-corrected chi connectivity index (χ4v) is 3.86. The Balaban J connectivity index is 1.64. The number of hydrogen-bond donors (Lipinski definition) is 1. The van der Waals surface area contributed by atoms with Crippen molar-refractivity contribution in [2.75, 3.05) is 50.0 Å². The number of para-hydroxylation sites is 1. The highest BCUT2D eigenvalue weighted by molar-refractivity contribution is 6.31. The van der Waals surface area contributed by atoms with Crippen LogP contribution in [0.4, 0.5) is 17.1 Å². The molecule has 0 aliphatic carbocycles. The van der Waals surface area contributed by atoms with E-state index in [1.54, 1.807) is 35.2 Å². The van der Waals surface area contributed by atoms with Crippen LogP contribution in [0.5, 0.6) is 0 Å². The zero-order valence-electron chi connectivity index (χ0n) is 15.8.